The van der Waals surface area contributed by atoms with Crippen LogP contribution in [0.25, 0.3) is 0 Å². The van der Waals surface area contributed by atoms with Crippen molar-refractivity contribution in [2.24, 2.45) is 5.73 Å². The number of alkyl halides is 3. The normalized spacial score (nSPS) is 11.2. The second-order valence-corrected chi connectivity index (χ2v) is 7.31. The number of hydrogen-bond acceptors (Lipinski definition) is 4. The predicted octanol–water partition coefficient (Wildman–Crippen LogP) is 5.51. The molecule has 0 bridgehead atoms. The van der Waals surface area contributed by atoms with E-state index >= 15 is 0 Å². The number of amides is 2. The Labute approximate surface area is 186 Å². The molecule has 3 rings (SSSR count). The maximum atomic E-state index is 13.5. The zero-order chi connectivity index (χ0) is 23.6. The van der Waals surface area contributed by atoms with E-state index in [1.165, 1.54) is 25.3 Å². The Bertz CT molecular complexity index is 1210. The fourth-order valence-electron chi connectivity index (χ4n) is 3.04. The van der Waals surface area contributed by atoms with E-state index in [0.717, 1.165) is 12.1 Å². The SMILES string of the molecule is Cc1cc(Cl)ccc1Oc1ccc(C(F)(F)F)c(C)c1C(=O)Nc1ccnc(C(N)=O)c1. The molecule has 1 aromatic heterocycles. The number of anilines is 1. The van der Waals surface area contributed by atoms with Crippen molar-refractivity contribution in [3.8, 4) is 11.5 Å². The number of halogens is 4. The molecule has 0 saturated carbocycles. The first kappa shape index (κ1) is 23.1. The molecule has 3 aromatic rings. The van der Waals surface area contributed by atoms with Gasteiger partial charge in [0.25, 0.3) is 11.8 Å². The molecular weight excluding hydrogens is 447 g/mol. The second-order valence-electron chi connectivity index (χ2n) is 6.87. The number of nitrogens with two attached hydrogens (primary N) is 1. The number of benzene rings is 2. The average Bonchev–Trinajstić information content (AvgIpc) is 2.69. The van der Waals surface area contributed by atoms with E-state index in [4.69, 9.17) is 22.1 Å². The standard InChI is InChI=1S/C22H17ClF3N3O3/c1-11-9-13(23)3-5-17(11)32-18-6-4-15(22(24,25)26)12(2)19(18)21(31)29-14-7-8-28-16(10-14)20(27)30/h3-10H,1-2H3,(H2,27,30)(H,28,29,31). The van der Waals surface area contributed by atoms with Gasteiger partial charge in [-0.05, 0) is 67.4 Å². The molecule has 0 spiro atoms. The van der Waals surface area contributed by atoms with E-state index in [2.05, 4.69) is 10.3 Å². The number of nitrogens with zero attached hydrogens (tertiary/aromatic N) is 1. The molecule has 0 radical (unpaired) electrons. The number of primary amides is 1. The molecule has 2 aromatic carbocycles. The summed E-state index contributed by atoms with van der Waals surface area (Å²) in [7, 11) is 0. The van der Waals surface area contributed by atoms with Gasteiger partial charge in [-0.25, -0.2) is 0 Å². The summed E-state index contributed by atoms with van der Waals surface area (Å²) in [6.45, 7) is 2.89. The zero-order valence-electron chi connectivity index (χ0n) is 16.9. The van der Waals surface area contributed by atoms with Gasteiger partial charge in [-0.1, -0.05) is 11.6 Å². The van der Waals surface area contributed by atoms with Gasteiger partial charge in [0.2, 0.25) is 0 Å². The van der Waals surface area contributed by atoms with Gasteiger partial charge in [-0.15, -0.1) is 0 Å². The predicted molar refractivity (Wildman–Crippen MR) is 113 cm³/mol. The van der Waals surface area contributed by atoms with Crippen molar-refractivity contribution >= 4 is 29.1 Å². The summed E-state index contributed by atoms with van der Waals surface area (Å²) in [4.78, 5) is 28.1. The lowest BCUT2D eigenvalue weighted by Gasteiger charge is -2.19. The van der Waals surface area contributed by atoms with Gasteiger partial charge in [0.05, 0.1) is 11.1 Å². The van der Waals surface area contributed by atoms with E-state index in [0.29, 0.717) is 16.3 Å². The van der Waals surface area contributed by atoms with Crippen LogP contribution >= 0.6 is 11.6 Å². The fourth-order valence-corrected chi connectivity index (χ4v) is 3.27. The Morgan fingerprint density at radius 1 is 1.06 bits per heavy atom. The van der Waals surface area contributed by atoms with Gasteiger partial charge in [0.15, 0.2) is 0 Å². The van der Waals surface area contributed by atoms with E-state index in [1.54, 1.807) is 25.1 Å². The van der Waals surface area contributed by atoms with Crippen LogP contribution < -0.4 is 15.8 Å². The van der Waals surface area contributed by atoms with Crippen molar-refractivity contribution in [1.29, 1.82) is 0 Å². The highest BCUT2D eigenvalue weighted by Gasteiger charge is 2.35. The number of carbonyl (C=O) groups is 2. The molecule has 0 aliphatic heterocycles. The lowest BCUT2D eigenvalue weighted by Crippen LogP contribution is -2.19. The lowest BCUT2D eigenvalue weighted by atomic mass is 9.99. The van der Waals surface area contributed by atoms with Gasteiger partial charge < -0.3 is 15.8 Å². The highest BCUT2D eigenvalue weighted by molar-refractivity contribution is 6.30. The van der Waals surface area contributed by atoms with E-state index in [-0.39, 0.29) is 28.3 Å². The third-order valence-electron chi connectivity index (χ3n) is 4.59. The Hall–Kier alpha value is -3.59. The maximum absolute atomic E-state index is 13.5. The van der Waals surface area contributed by atoms with Gasteiger partial charge in [0.1, 0.15) is 17.2 Å². The quantitative estimate of drug-likeness (QED) is 0.521. The Morgan fingerprint density at radius 2 is 1.75 bits per heavy atom. The van der Waals surface area contributed by atoms with Crippen LogP contribution in [0.4, 0.5) is 18.9 Å². The Kier molecular flexibility index (Phi) is 6.40. The number of nitrogens with one attached hydrogen (secondary N) is 1. The summed E-state index contributed by atoms with van der Waals surface area (Å²) >= 11 is 5.94. The minimum absolute atomic E-state index is 0.0809. The number of hydrogen-bond donors (Lipinski definition) is 2. The molecule has 3 N–H and O–H groups in total. The van der Waals surface area contributed by atoms with E-state index in [1.807, 2.05) is 0 Å². The molecule has 0 atom stereocenters. The summed E-state index contributed by atoms with van der Waals surface area (Å²) in [5, 5.41) is 2.93. The minimum Gasteiger partial charge on any atom is -0.456 e. The largest absolute Gasteiger partial charge is 0.456 e. The molecule has 0 aliphatic rings. The highest BCUT2D eigenvalue weighted by Crippen LogP contribution is 2.38. The number of ether oxygens (including phenoxy) is 1. The van der Waals surface area contributed by atoms with Gasteiger partial charge in [-0.2, -0.15) is 13.2 Å². The first-order chi connectivity index (χ1) is 15.0. The fraction of sp³-hybridized carbons (Fsp3) is 0.136. The zero-order valence-corrected chi connectivity index (χ0v) is 17.6. The third-order valence-corrected chi connectivity index (χ3v) is 4.82. The summed E-state index contributed by atoms with van der Waals surface area (Å²) < 4.78 is 46.2. The molecule has 10 heteroatoms. The molecule has 166 valence electrons. The van der Waals surface area contributed by atoms with Crippen LogP contribution in [0.1, 0.15) is 37.5 Å². The van der Waals surface area contributed by atoms with Crippen molar-refractivity contribution in [1.82, 2.24) is 4.98 Å². The van der Waals surface area contributed by atoms with Crippen molar-refractivity contribution in [3.05, 3.63) is 81.6 Å². The van der Waals surface area contributed by atoms with E-state index in [9.17, 15) is 22.8 Å². The number of aromatic nitrogens is 1. The topological polar surface area (TPSA) is 94.3 Å². The Balaban J connectivity index is 2.07. The number of aryl methyl sites for hydroxylation is 1. The van der Waals surface area contributed by atoms with Crippen LogP contribution in [0.15, 0.2) is 48.7 Å². The highest BCUT2D eigenvalue weighted by atomic mass is 35.5. The summed E-state index contributed by atoms with van der Waals surface area (Å²) in [6, 6.07) is 9.25. The van der Waals surface area contributed by atoms with Gasteiger partial charge in [0, 0.05) is 16.9 Å². The van der Waals surface area contributed by atoms with Gasteiger partial charge >= 0.3 is 6.18 Å². The first-order valence-electron chi connectivity index (χ1n) is 9.19. The summed E-state index contributed by atoms with van der Waals surface area (Å²) in [5.74, 6) is -1.44. The molecule has 0 fully saturated rings. The molecule has 1 heterocycles. The maximum Gasteiger partial charge on any atom is 0.416 e. The van der Waals surface area contributed by atoms with Crippen molar-refractivity contribution in [3.63, 3.8) is 0 Å². The van der Waals surface area contributed by atoms with Crippen LogP contribution in [0.2, 0.25) is 5.02 Å². The Morgan fingerprint density at radius 3 is 2.38 bits per heavy atom. The number of rotatable bonds is 5. The summed E-state index contributed by atoms with van der Waals surface area (Å²) in [6.07, 6.45) is -3.44. The molecule has 2 amide bonds. The number of carbonyl (C=O) groups excluding carboxylic acids is 2. The molecule has 0 saturated heterocycles. The van der Waals surface area contributed by atoms with Crippen molar-refractivity contribution < 1.29 is 27.5 Å². The van der Waals surface area contributed by atoms with Crippen LogP contribution in [0.5, 0.6) is 11.5 Å². The van der Waals surface area contributed by atoms with Crippen molar-refractivity contribution in [2.45, 2.75) is 20.0 Å². The number of pyridine rings is 1. The third kappa shape index (κ3) is 5.00. The smallest absolute Gasteiger partial charge is 0.416 e. The lowest BCUT2D eigenvalue weighted by molar-refractivity contribution is -0.138. The van der Waals surface area contributed by atoms with Crippen molar-refractivity contribution in [2.75, 3.05) is 5.32 Å². The van der Waals surface area contributed by atoms with Gasteiger partial charge in [-0.3, -0.25) is 14.6 Å². The molecular formula is C22H17ClF3N3O3. The first-order valence-corrected chi connectivity index (χ1v) is 9.57. The molecule has 6 nitrogen and oxygen atoms in total. The monoisotopic (exact) mass is 463 g/mol. The molecule has 0 aliphatic carbocycles. The van der Waals surface area contributed by atoms with Crippen LogP contribution in [-0.4, -0.2) is 16.8 Å². The van der Waals surface area contributed by atoms with E-state index < -0.39 is 23.6 Å². The van der Waals surface area contributed by atoms with Crippen LogP contribution in [-0.2, 0) is 6.18 Å². The van der Waals surface area contributed by atoms with Crippen LogP contribution in [0, 0.1) is 13.8 Å². The second kappa shape index (κ2) is 8.88. The van der Waals surface area contributed by atoms with Crippen LogP contribution in [0.3, 0.4) is 0 Å². The molecule has 32 heavy (non-hydrogen) atoms. The summed E-state index contributed by atoms with van der Waals surface area (Å²) in [5.41, 5.74) is 4.22. The molecule has 0 unspecified atom stereocenters. The minimum atomic E-state index is -4.68. The average molecular weight is 464 g/mol.